The maximum atomic E-state index is 12.2. The van der Waals surface area contributed by atoms with Crippen LogP contribution in [-0.2, 0) is 11.3 Å². The Kier molecular flexibility index (Phi) is 6.26. The second-order valence-corrected chi connectivity index (χ2v) is 8.00. The van der Waals surface area contributed by atoms with Crippen molar-refractivity contribution in [2.45, 2.75) is 11.7 Å². The molecule has 4 aromatic rings. The molecule has 0 saturated heterocycles. The lowest BCUT2D eigenvalue weighted by atomic mass is 10.2. The van der Waals surface area contributed by atoms with Crippen molar-refractivity contribution >= 4 is 34.9 Å². The highest BCUT2D eigenvalue weighted by Crippen LogP contribution is 2.25. The number of amides is 2. The van der Waals surface area contributed by atoms with Gasteiger partial charge in [-0.1, -0.05) is 48.2 Å². The van der Waals surface area contributed by atoms with Gasteiger partial charge in [0.25, 0.3) is 5.91 Å². The van der Waals surface area contributed by atoms with Gasteiger partial charge in [0.2, 0.25) is 5.91 Å². The maximum Gasteiger partial charge on any atom is 0.279 e. The first-order valence-electron chi connectivity index (χ1n) is 8.97. The smallest absolute Gasteiger partial charge is 0.279 e. The molecule has 0 atom stereocenters. The topological polar surface area (TPSA) is 102 Å². The van der Waals surface area contributed by atoms with Crippen molar-refractivity contribution in [3.05, 3.63) is 76.9 Å². The fourth-order valence-corrected chi connectivity index (χ4v) is 4.02. The van der Waals surface area contributed by atoms with Gasteiger partial charge in [-0.05, 0) is 23.6 Å². The van der Waals surface area contributed by atoms with E-state index < -0.39 is 0 Å². The molecule has 2 N–H and O–H groups in total. The van der Waals surface area contributed by atoms with Crippen LogP contribution in [0.1, 0.15) is 15.4 Å². The van der Waals surface area contributed by atoms with Crippen molar-refractivity contribution in [2.24, 2.45) is 0 Å². The van der Waals surface area contributed by atoms with Crippen LogP contribution in [0.15, 0.2) is 75.8 Å². The Hall–Kier alpha value is -3.37. The third-order valence-electron chi connectivity index (χ3n) is 4.04. The van der Waals surface area contributed by atoms with E-state index >= 15 is 0 Å². The second kappa shape index (κ2) is 9.42. The van der Waals surface area contributed by atoms with E-state index in [2.05, 4.69) is 21.0 Å². The number of nitrogens with one attached hydrogen (secondary N) is 2. The molecule has 0 radical (unpaired) electrons. The van der Waals surface area contributed by atoms with Crippen molar-refractivity contribution in [3.8, 4) is 11.4 Å². The molecule has 0 fully saturated rings. The molecule has 0 bridgehead atoms. The predicted molar refractivity (Wildman–Crippen MR) is 114 cm³/mol. The van der Waals surface area contributed by atoms with Crippen LogP contribution in [0.2, 0.25) is 0 Å². The number of nitrogens with zero attached hydrogens (tertiary/aromatic N) is 3. The van der Waals surface area contributed by atoms with Crippen molar-refractivity contribution in [1.29, 1.82) is 0 Å². The van der Waals surface area contributed by atoms with Gasteiger partial charge >= 0.3 is 0 Å². The summed E-state index contributed by atoms with van der Waals surface area (Å²) in [5, 5.41) is 10.9. The largest absolute Gasteiger partial charge is 0.467 e. The van der Waals surface area contributed by atoms with Crippen LogP contribution in [0.4, 0.5) is 0 Å². The molecule has 2 amide bonds. The normalized spacial score (nSPS) is 10.7. The highest BCUT2D eigenvalue weighted by molar-refractivity contribution is 7.99. The minimum absolute atomic E-state index is 0.0653. The number of furan rings is 1. The summed E-state index contributed by atoms with van der Waals surface area (Å²) in [5.41, 5.74) is 5.73. The standard InChI is InChI=1S/C20H17N5O3S2/c26-17(21-23-19(27)16-9-5-11-29-16)13-30-20-24-22-18(14-6-2-1-3-7-14)25(20)12-15-8-4-10-28-15/h1-11H,12-13H2,(H,21,26)(H,23,27). The summed E-state index contributed by atoms with van der Waals surface area (Å²) in [6.07, 6.45) is 1.61. The summed E-state index contributed by atoms with van der Waals surface area (Å²) in [5.74, 6) is 0.798. The zero-order chi connectivity index (χ0) is 20.8. The highest BCUT2D eigenvalue weighted by Gasteiger charge is 2.17. The molecule has 30 heavy (non-hydrogen) atoms. The lowest BCUT2D eigenvalue weighted by Crippen LogP contribution is -2.42. The summed E-state index contributed by atoms with van der Waals surface area (Å²) in [4.78, 5) is 24.6. The number of benzene rings is 1. The molecule has 1 aromatic carbocycles. The monoisotopic (exact) mass is 439 g/mol. The fourth-order valence-electron chi connectivity index (χ4n) is 2.66. The van der Waals surface area contributed by atoms with Crippen molar-refractivity contribution in [2.75, 3.05) is 5.75 Å². The van der Waals surface area contributed by atoms with Gasteiger partial charge in [-0.3, -0.25) is 25.0 Å². The molecule has 0 unspecified atom stereocenters. The van der Waals surface area contributed by atoms with Gasteiger partial charge in [0.1, 0.15) is 5.76 Å². The van der Waals surface area contributed by atoms with Crippen LogP contribution in [-0.4, -0.2) is 32.3 Å². The molecule has 0 saturated carbocycles. The van der Waals surface area contributed by atoms with Gasteiger partial charge in [0.15, 0.2) is 11.0 Å². The SMILES string of the molecule is O=C(CSc1nnc(-c2ccccc2)n1Cc1ccco1)NNC(=O)c1cccs1. The van der Waals surface area contributed by atoms with Crippen molar-refractivity contribution < 1.29 is 14.0 Å². The van der Waals surface area contributed by atoms with Gasteiger partial charge in [-0.25, -0.2) is 0 Å². The van der Waals surface area contributed by atoms with Crippen LogP contribution in [0, 0.1) is 0 Å². The van der Waals surface area contributed by atoms with E-state index in [0.717, 1.165) is 11.3 Å². The molecule has 0 aliphatic rings. The number of hydrazine groups is 1. The molecule has 152 valence electrons. The Morgan fingerprint density at radius 1 is 1.03 bits per heavy atom. The van der Waals surface area contributed by atoms with Gasteiger partial charge in [0, 0.05) is 5.56 Å². The number of aromatic nitrogens is 3. The van der Waals surface area contributed by atoms with Crippen LogP contribution in [0.5, 0.6) is 0 Å². The minimum atomic E-state index is -0.351. The average Bonchev–Trinajstić information content (AvgIpc) is 3.54. The van der Waals surface area contributed by atoms with E-state index in [1.807, 2.05) is 47.0 Å². The number of hydrogen-bond donors (Lipinski definition) is 2. The molecular weight excluding hydrogens is 422 g/mol. The van der Waals surface area contributed by atoms with E-state index in [1.165, 1.54) is 23.1 Å². The zero-order valence-electron chi connectivity index (χ0n) is 15.6. The molecule has 3 heterocycles. The molecule has 8 nitrogen and oxygen atoms in total. The lowest BCUT2D eigenvalue weighted by molar-refractivity contribution is -0.119. The summed E-state index contributed by atoms with van der Waals surface area (Å²) in [6.45, 7) is 0.434. The van der Waals surface area contributed by atoms with Gasteiger partial charge in [-0.2, -0.15) is 0 Å². The Balaban J connectivity index is 1.43. The lowest BCUT2D eigenvalue weighted by Gasteiger charge is -2.09. The van der Waals surface area contributed by atoms with Crippen LogP contribution in [0.25, 0.3) is 11.4 Å². The summed E-state index contributed by atoms with van der Waals surface area (Å²) < 4.78 is 7.37. The fraction of sp³-hybridized carbons (Fsp3) is 0.100. The second-order valence-electron chi connectivity index (χ2n) is 6.11. The van der Waals surface area contributed by atoms with Crippen LogP contribution < -0.4 is 10.9 Å². The Bertz CT molecular complexity index is 1110. The number of carbonyl (C=O) groups is 2. The molecule has 10 heteroatoms. The molecular formula is C20H17N5O3S2. The number of hydrogen-bond acceptors (Lipinski definition) is 7. The molecule has 3 aromatic heterocycles. The number of thiophene rings is 1. The van der Waals surface area contributed by atoms with Crippen LogP contribution in [0.3, 0.4) is 0 Å². The Morgan fingerprint density at radius 2 is 1.90 bits per heavy atom. The summed E-state index contributed by atoms with van der Waals surface area (Å²) in [7, 11) is 0. The van der Waals surface area contributed by atoms with Gasteiger partial charge < -0.3 is 4.42 Å². The van der Waals surface area contributed by atoms with E-state index in [1.54, 1.807) is 23.8 Å². The summed E-state index contributed by atoms with van der Waals surface area (Å²) >= 11 is 2.53. The first kappa shape index (κ1) is 19.9. The number of rotatable bonds is 7. The Labute approximate surface area is 180 Å². The average molecular weight is 440 g/mol. The van der Waals surface area contributed by atoms with E-state index in [4.69, 9.17) is 4.42 Å². The molecule has 0 aliphatic heterocycles. The van der Waals surface area contributed by atoms with Crippen molar-refractivity contribution in [3.63, 3.8) is 0 Å². The first-order valence-corrected chi connectivity index (χ1v) is 10.8. The maximum absolute atomic E-state index is 12.2. The molecule has 4 rings (SSSR count). The summed E-state index contributed by atoms with van der Waals surface area (Å²) in [6, 6.07) is 16.8. The first-order chi connectivity index (χ1) is 14.7. The van der Waals surface area contributed by atoms with E-state index in [0.29, 0.717) is 22.4 Å². The minimum Gasteiger partial charge on any atom is -0.467 e. The highest BCUT2D eigenvalue weighted by atomic mass is 32.2. The third kappa shape index (κ3) is 4.78. The number of carbonyl (C=O) groups excluding carboxylic acids is 2. The third-order valence-corrected chi connectivity index (χ3v) is 5.87. The Morgan fingerprint density at radius 3 is 2.63 bits per heavy atom. The van der Waals surface area contributed by atoms with Gasteiger partial charge in [0.05, 0.1) is 23.4 Å². The van der Waals surface area contributed by atoms with E-state index in [-0.39, 0.29) is 17.6 Å². The van der Waals surface area contributed by atoms with Crippen molar-refractivity contribution in [1.82, 2.24) is 25.6 Å². The quantitative estimate of drug-likeness (QED) is 0.339. The van der Waals surface area contributed by atoms with E-state index in [9.17, 15) is 9.59 Å². The molecule has 0 aliphatic carbocycles. The predicted octanol–water partition coefficient (Wildman–Crippen LogP) is 3.20. The van der Waals surface area contributed by atoms with Crippen LogP contribution >= 0.6 is 23.1 Å². The van der Waals surface area contributed by atoms with Gasteiger partial charge in [-0.15, -0.1) is 21.5 Å². The number of thioether (sulfide) groups is 1. The zero-order valence-corrected chi connectivity index (χ0v) is 17.3. The molecule has 0 spiro atoms.